The van der Waals surface area contributed by atoms with E-state index in [0.29, 0.717) is 17.7 Å². The zero-order valence-corrected chi connectivity index (χ0v) is 9.60. The third kappa shape index (κ3) is 3.03. The predicted octanol–water partition coefficient (Wildman–Crippen LogP) is 1.24. The summed E-state index contributed by atoms with van der Waals surface area (Å²) in [5.41, 5.74) is 0.741. The highest BCUT2D eigenvalue weighted by atomic mass is 32.1. The molecule has 0 aliphatic rings. The SMILES string of the molecule is C#CCC(C)NC(=O)c1snnc1CC. The maximum absolute atomic E-state index is 11.7. The molecule has 0 spiro atoms. The summed E-state index contributed by atoms with van der Waals surface area (Å²) in [6.07, 6.45) is 6.39. The molecule has 4 nitrogen and oxygen atoms in total. The van der Waals surface area contributed by atoms with Crippen molar-refractivity contribution in [2.45, 2.75) is 32.7 Å². The summed E-state index contributed by atoms with van der Waals surface area (Å²) in [5, 5.41) is 6.68. The molecule has 1 aromatic heterocycles. The molecule has 0 bridgehead atoms. The van der Waals surface area contributed by atoms with Crippen LogP contribution in [0.2, 0.25) is 0 Å². The second-order valence-electron chi connectivity index (χ2n) is 3.19. The second-order valence-corrected chi connectivity index (χ2v) is 3.94. The highest BCUT2D eigenvalue weighted by Gasteiger charge is 2.16. The summed E-state index contributed by atoms with van der Waals surface area (Å²) in [4.78, 5) is 12.3. The largest absolute Gasteiger partial charge is 0.348 e. The van der Waals surface area contributed by atoms with Crippen molar-refractivity contribution in [3.63, 3.8) is 0 Å². The predicted molar refractivity (Wildman–Crippen MR) is 59.7 cm³/mol. The van der Waals surface area contributed by atoms with Gasteiger partial charge in [0.2, 0.25) is 0 Å². The van der Waals surface area contributed by atoms with E-state index >= 15 is 0 Å². The summed E-state index contributed by atoms with van der Waals surface area (Å²) in [7, 11) is 0. The van der Waals surface area contributed by atoms with Crippen LogP contribution in [-0.2, 0) is 6.42 Å². The molecule has 1 rings (SSSR count). The van der Waals surface area contributed by atoms with Gasteiger partial charge in [0.1, 0.15) is 4.88 Å². The number of amides is 1. The van der Waals surface area contributed by atoms with Crippen molar-refractivity contribution < 1.29 is 4.79 Å². The number of nitrogens with zero attached hydrogens (tertiary/aromatic N) is 2. The van der Waals surface area contributed by atoms with Gasteiger partial charge < -0.3 is 5.32 Å². The van der Waals surface area contributed by atoms with Crippen LogP contribution in [0.25, 0.3) is 0 Å². The number of terminal acetylenes is 1. The van der Waals surface area contributed by atoms with Crippen molar-refractivity contribution in [2.75, 3.05) is 0 Å². The molecule has 0 fully saturated rings. The molecule has 0 aromatic carbocycles. The molecule has 5 heteroatoms. The van der Waals surface area contributed by atoms with Gasteiger partial charge in [0.15, 0.2) is 0 Å². The third-order valence-corrected chi connectivity index (χ3v) is 2.67. The highest BCUT2D eigenvalue weighted by molar-refractivity contribution is 7.08. The van der Waals surface area contributed by atoms with Gasteiger partial charge in [-0.05, 0) is 24.9 Å². The van der Waals surface area contributed by atoms with Crippen molar-refractivity contribution >= 4 is 17.4 Å². The first-order valence-corrected chi connectivity index (χ1v) is 5.51. The number of aryl methyl sites for hydroxylation is 1. The molecule has 0 aliphatic carbocycles. The van der Waals surface area contributed by atoms with E-state index in [1.807, 2.05) is 13.8 Å². The van der Waals surface area contributed by atoms with Crippen LogP contribution in [0.1, 0.15) is 35.6 Å². The van der Waals surface area contributed by atoms with Gasteiger partial charge in [-0.25, -0.2) is 0 Å². The molecule has 1 amide bonds. The Kier molecular flexibility index (Phi) is 4.25. The van der Waals surface area contributed by atoms with Gasteiger partial charge in [0, 0.05) is 12.5 Å². The van der Waals surface area contributed by atoms with Crippen LogP contribution in [0.4, 0.5) is 0 Å². The van der Waals surface area contributed by atoms with Crippen molar-refractivity contribution in [1.29, 1.82) is 0 Å². The number of hydrogen-bond acceptors (Lipinski definition) is 4. The number of nitrogens with one attached hydrogen (secondary N) is 1. The van der Waals surface area contributed by atoms with Gasteiger partial charge in [0.25, 0.3) is 5.91 Å². The van der Waals surface area contributed by atoms with Crippen molar-refractivity contribution in [1.82, 2.24) is 14.9 Å². The van der Waals surface area contributed by atoms with Crippen molar-refractivity contribution in [2.24, 2.45) is 0 Å². The average Bonchev–Trinajstić information content (AvgIpc) is 2.65. The van der Waals surface area contributed by atoms with Gasteiger partial charge in [-0.15, -0.1) is 17.4 Å². The standard InChI is InChI=1S/C10H13N3OS/c1-4-6-7(3)11-10(14)9-8(5-2)12-13-15-9/h1,7H,5-6H2,2-3H3,(H,11,14). The molecule has 1 heterocycles. The summed E-state index contributed by atoms with van der Waals surface area (Å²) >= 11 is 1.12. The van der Waals surface area contributed by atoms with E-state index in [2.05, 4.69) is 20.8 Å². The zero-order chi connectivity index (χ0) is 11.3. The molecule has 1 unspecified atom stereocenters. The first-order chi connectivity index (χ1) is 7.19. The van der Waals surface area contributed by atoms with Crippen LogP contribution in [0.5, 0.6) is 0 Å². The van der Waals surface area contributed by atoms with Crippen LogP contribution in [0.3, 0.4) is 0 Å². The smallest absolute Gasteiger partial charge is 0.265 e. The molecule has 1 aromatic rings. The van der Waals surface area contributed by atoms with Crippen molar-refractivity contribution in [3.05, 3.63) is 10.6 Å². The Balaban J connectivity index is 2.65. The topological polar surface area (TPSA) is 54.9 Å². The van der Waals surface area contributed by atoms with Crippen molar-refractivity contribution in [3.8, 4) is 12.3 Å². The monoisotopic (exact) mass is 223 g/mol. The maximum atomic E-state index is 11.7. The Hall–Kier alpha value is -1.41. The molecule has 15 heavy (non-hydrogen) atoms. The zero-order valence-electron chi connectivity index (χ0n) is 8.78. The molecule has 0 radical (unpaired) electrons. The van der Waals surface area contributed by atoms with Gasteiger partial charge in [0.05, 0.1) is 5.69 Å². The lowest BCUT2D eigenvalue weighted by atomic mass is 10.2. The van der Waals surface area contributed by atoms with Crippen LogP contribution >= 0.6 is 11.5 Å². The van der Waals surface area contributed by atoms with Gasteiger partial charge >= 0.3 is 0 Å². The fourth-order valence-corrected chi connectivity index (χ4v) is 1.78. The fourth-order valence-electron chi connectivity index (χ4n) is 1.13. The summed E-state index contributed by atoms with van der Waals surface area (Å²) in [5.74, 6) is 2.37. The summed E-state index contributed by atoms with van der Waals surface area (Å²) in [6.45, 7) is 3.82. The third-order valence-electron chi connectivity index (χ3n) is 1.90. The van der Waals surface area contributed by atoms with E-state index in [1.165, 1.54) is 0 Å². The number of rotatable bonds is 4. The molecular weight excluding hydrogens is 210 g/mol. The fraction of sp³-hybridized carbons (Fsp3) is 0.500. The van der Waals surface area contributed by atoms with Crippen LogP contribution < -0.4 is 5.32 Å². The van der Waals surface area contributed by atoms with E-state index in [0.717, 1.165) is 17.2 Å². The number of carbonyl (C=O) groups is 1. The quantitative estimate of drug-likeness (QED) is 0.781. The first-order valence-electron chi connectivity index (χ1n) is 4.74. The average molecular weight is 223 g/mol. The van der Waals surface area contributed by atoms with Crippen LogP contribution in [0, 0.1) is 12.3 Å². The molecule has 1 N–H and O–H groups in total. The molecule has 0 saturated heterocycles. The van der Waals surface area contributed by atoms with Gasteiger partial charge in [-0.2, -0.15) is 0 Å². The minimum absolute atomic E-state index is 0.0192. The van der Waals surface area contributed by atoms with E-state index in [-0.39, 0.29) is 11.9 Å². The van der Waals surface area contributed by atoms with Crippen LogP contribution in [0.15, 0.2) is 0 Å². The minimum Gasteiger partial charge on any atom is -0.348 e. The number of aromatic nitrogens is 2. The van der Waals surface area contributed by atoms with Gasteiger partial charge in [-0.1, -0.05) is 11.4 Å². The lowest BCUT2D eigenvalue weighted by Crippen LogP contribution is -2.32. The molecule has 80 valence electrons. The normalized spacial score (nSPS) is 11.8. The molecule has 0 aliphatic heterocycles. The van der Waals surface area contributed by atoms with E-state index in [1.54, 1.807) is 0 Å². The minimum atomic E-state index is -0.135. The Labute approximate surface area is 93.3 Å². The summed E-state index contributed by atoms with van der Waals surface area (Å²) in [6, 6.07) is -0.0192. The Morgan fingerprint density at radius 3 is 3.07 bits per heavy atom. The number of hydrogen-bond donors (Lipinski definition) is 1. The Morgan fingerprint density at radius 1 is 1.73 bits per heavy atom. The summed E-state index contributed by atoms with van der Waals surface area (Å²) < 4.78 is 3.76. The van der Waals surface area contributed by atoms with Gasteiger partial charge in [-0.3, -0.25) is 4.79 Å². The Bertz CT molecular complexity index is 380. The highest BCUT2D eigenvalue weighted by Crippen LogP contribution is 2.11. The molecular formula is C10H13N3OS. The molecule has 1 atom stereocenters. The second kappa shape index (κ2) is 5.47. The first kappa shape index (κ1) is 11.7. The van der Waals surface area contributed by atoms with E-state index < -0.39 is 0 Å². The van der Waals surface area contributed by atoms with E-state index in [4.69, 9.17) is 6.42 Å². The van der Waals surface area contributed by atoms with E-state index in [9.17, 15) is 4.79 Å². The van der Waals surface area contributed by atoms with Crippen LogP contribution in [-0.4, -0.2) is 21.5 Å². The maximum Gasteiger partial charge on any atom is 0.265 e. The Morgan fingerprint density at radius 2 is 2.47 bits per heavy atom. The lowest BCUT2D eigenvalue weighted by Gasteiger charge is -2.09. The lowest BCUT2D eigenvalue weighted by molar-refractivity contribution is 0.0944. The number of carbonyl (C=O) groups excluding carboxylic acids is 1. The molecule has 0 saturated carbocycles.